The second-order valence-electron chi connectivity index (χ2n) is 5.58. The monoisotopic (exact) mass is 399 g/mol. The van der Waals surface area contributed by atoms with Gasteiger partial charge >= 0.3 is 0 Å². The summed E-state index contributed by atoms with van der Waals surface area (Å²) < 4.78 is 1.36. The van der Waals surface area contributed by atoms with E-state index in [1.54, 1.807) is 42.6 Å². The summed E-state index contributed by atoms with van der Waals surface area (Å²) in [5.41, 5.74) is 0.460. The Kier molecular flexibility index (Phi) is 5.63. The van der Waals surface area contributed by atoms with Gasteiger partial charge in [-0.3, -0.25) is 24.1 Å². The van der Waals surface area contributed by atoms with Crippen molar-refractivity contribution in [3.63, 3.8) is 0 Å². The molecule has 0 unspecified atom stereocenters. The summed E-state index contributed by atoms with van der Waals surface area (Å²) in [6.45, 7) is 0. The molecule has 1 aromatic carbocycles. The van der Waals surface area contributed by atoms with Crippen LogP contribution >= 0.6 is 23.8 Å². The van der Waals surface area contributed by atoms with Gasteiger partial charge in [0.2, 0.25) is 5.88 Å². The minimum Gasteiger partial charge on any atom is -0.494 e. The lowest BCUT2D eigenvalue weighted by molar-refractivity contribution is 0.0995. The van der Waals surface area contributed by atoms with Crippen molar-refractivity contribution in [2.75, 3.05) is 0 Å². The maximum Gasteiger partial charge on any atom is 0.262 e. The van der Waals surface area contributed by atoms with Crippen LogP contribution in [0.2, 0.25) is 5.02 Å². The lowest BCUT2D eigenvalue weighted by atomic mass is 10.1. The predicted octanol–water partition coefficient (Wildman–Crippen LogP) is 3.94. The maximum absolute atomic E-state index is 12.2. The van der Waals surface area contributed by atoms with Crippen molar-refractivity contribution >= 4 is 35.7 Å². The zero-order chi connectivity index (χ0) is 19.4. The van der Waals surface area contributed by atoms with E-state index in [1.165, 1.54) is 22.9 Å². The topological polar surface area (TPSA) is 88.0 Å². The van der Waals surface area contributed by atoms with Gasteiger partial charge in [-0.2, -0.15) is 0 Å². The molecule has 6 nitrogen and oxygen atoms in total. The second kappa shape index (κ2) is 8.11. The Bertz CT molecular complexity index is 1120. The number of rotatable bonds is 5. The molecule has 3 rings (SSSR count). The number of Topliss-reactive ketones (excluding diaryl/α,β-unsaturated/α-hetero) is 1. The highest BCUT2D eigenvalue weighted by Crippen LogP contribution is 2.22. The molecule has 0 atom stereocenters. The number of nitrogens with one attached hydrogen (secondary N) is 1. The van der Waals surface area contributed by atoms with Crippen molar-refractivity contribution < 1.29 is 9.90 Å². The van der Waals surface area contributed by atoms with Crippen LogP contribution in [0.25, 0.3) is 11.8 Å². The summed E-state index contributed by atoms with van der Waals surface area (Å²) in [5, 5.41) is 11.1. The molecule has 0 fully saturated rings. The number of pyridine rings is 1. The first-order valence-corrected chi connectivity index (χ1v) is 8.70. The molecule has 0 amide bonds. The van der Waals surface area contributed by atoms with Crippen LogP contribution in [0.15, 0.2) is 59.7 Å². The Labute approximate surface area is 164 Å². The standard InChI is InChI=1S/C19H14ClN3O3S/c20-13-6-8-14(9-7-13)23-18(26)15(17(25)22-19(23)27)4-1-5-16(24)12-3-2-10-21-11-12/h1-4,6-11,26H,5H2,(H,22,25,27). The van der Waals surface area contributed by atoms with Gasteiger partial charge in [0, 0.05) is 29.4 Å². The van der Waals surface area contributed by atoms with Crippen molar-refractivity contribution in [1.82, 2.24) is 14.5 Å². The van der Waals surface area contributed by atoms with Gasteiger partial charge in [0.15, 0.2) is 10.6 Å². The smallest absolute Gasteiger partial charge is 0.262 e. The number of nitrogens with zero attached hydrogens (tertiary/aromatic N) is 2. The van der Waals surface area contributed by atoms with Crippen molar-refractivity contribution in [2.24, 2.45) is 0 Å². The van der Waals surface area contributed by atoms with E-state index in [0.29, 0.717) is 16.3 Å². The average molecular weight is 400 g/mol. The number of benzene rings is 1. The molecule has 27 heavy (non-hydrogen) atoms. The van der Waals surface area contributed by atoms with Crippen LogP contribution < -0.4 is 5.56 Å². The van der Waals surface area contributed by atoms with Crippen LogP contribution in [-0.4, -0.2) is 25.4 Å². The minimum atomic E-state index is -0.548. The zero-order valence-electron chi connectivity index (χ0n) is 13.9. The Morgan fingerprint density at radius 1 is 1.30 bits per heavy atom. The first kappa shape index (κ1) is 18.8. The number of aromatic nitrogens is 3. The zero-order valence-corrected chi connectivity index (χ0v) is 15.5. The first-order valence-electron chi connectivity index (χ1n) is 7.91. The lowest BCUT2D eigenvalue weighted by Gasteiger charge is -2.11. The molecule has 2 N–H and O–H groups in total. The molecule has 3 aromatic rings. The third kappa shape index (κ3) is 4.21. The highest BCUT2D eigenvalue weighted by molar-refractivity contribution is 7.71. The minimum absolute atomic E-state index is 0.00228. The molecule has 2 heterocycles. The van der Waals surface area contributed by atoms with Gasteiger partial charge in [-0.25, -0.2) is 0 Å². The van der Waals surface area contributed by atoms with Crippen molar-refractivity contribution in [3.8, 4) is 11.6 Å². The average Bonchev–Trinajstić information content (AvgIpc) is 2.66. The van der Waals surface area contributed by atoms with Crippen LogP contribution in [-0.2, 0) is 0 Å². The summed E-state index contributed by atoms with van der Waals surface area (Å²) in [5.74, 6) is -0.475. The molecule has 2 aromatic heterocycles. The quantitative estimate of drug-likeness (QED) is 0.501. The Morgan fingerprint density at radius 3 is 2.70 bits per heavy atom. The molecular formula is C19H14ClN3O3S. The second-order valence-corrected chi connectivity index (χ2v) is 6.40. The highest BCUT2D eigenvalue weighted by Gasteiger charge is 2.12. The number of aromatic hydroxyl groups is 1. The predicted molar refractivity (Wildman–Crippen MR) is 106 cm³/mol. The van der Waals surface area contributed by atoms with Gasteiger partial charge in [0.1, 0.15) is 0 Å². The van der Waals surface area contributed by atoms with Gasteiger partial charge in [0.25, 0.3) is 5.56 Å². The number of H-pyrrole nitrogens is 1. The van der Waals surface area contributed by atoms with Crippen LogP contribution in [0.4, 0.5) is 0 Å². The van der Waals surface area contributed by atoms with Crippen molar-refractivity contribution in [2.45, 2.75) is 6.42 Å². The molecule has 0 radical (unpaired) electrons. The van der Waals surface area contributed by atoms with Crippen LogP contribution in [0.3, 0.4) is 0 Å². The number of hydrogen-bond donors (Lipinski definition) is 2. The fourth-order valence-electron chi connectivity index (χ4n) is 2.45. The Balaban J connectivity index is 1.93. The fourth-order valence-corrected chi connectivity index (χ4v) is 2.86. The molecule has 0 bridgehead atoms. The molecular weight excluding hydrogens is 386 g/mol. The lowest BCUT2D eigenvalue weighted by Crippen LogP contribution is -2.15. The number of aromatic amines is 1. The Morgan fingerprint density at radius 2 is 2.04 bits per heavy atom. The number of ketones is 1. The first-order chi connectivity index (χ1) is 13.0. The molecule has 0 spiro atoms. The van der Waals surface area contributed by atoms with E-state index >= 15 is 0 Å². The molecule has 0 aliphatic rings. The van der Waals surface area contributed by atoms with Gasteiger partial charge in [0.05, 0.1) is 11.3 Å². The largest absolute Gasteiger partial charge is 0.494 e. The van der Waals surface area contributed by atoms with Crippen molar-refractivity contribution in [3.05, 3.63) is 86.1 Å². The summed E-state index contributed by atoms with van der Waals surface area (Å²) in [6, 6.07) is 9.94. The summed E-state index contributed by atoms with van der Waals surface area (Å²) >= 11 is 11.0. The Hall–Kier alpha value is -3.03. The van der Waals surface area contributed by atoms with Gasteiger partial charge in [-0.1, -0.05) is 17.7 Å². The number of hydrogen-bond acceptors (Lipinski definition) is 5. The number of allylic oxidation sites excluding steroid dienone is 1. The van der Waals surface area contributed by atoms with E-state index in [9.17, 15) is 14.7 Å². The van der Waals surface area contributed by atoms with E-state index in [2.05, 4.69) is 9.97 Å². The third-order valence-electron chi connectivity index (χ3n) is 3.78. The van der Waals surface area contributed by atoms with Gasteiger partial charge in [-0.05, 0) is 54.7 Å². The number of carbonyl (C=O) groups is 1. The van der Waals surface area contributed by atoms with Crippen molar-refractivity contribution in [1.29, 1.82) is 0 Å². The fraction of sp³-hybridized carbons (Fsp3) is 0.0526. The van der Waals surface area contributed by atoms with Gasteiger partial charge in [-0.15, -0.1) is 0 Å². The van der Waals surface area contributed by atoms with E-state index < -0.39 is 5.56 Å². The van der Waals surface area contributed by atoms with E-state index in [1.807, 2.05) is 0 Å². The van der Waals surface area contributed by atoms with Gasteiger partial charge < -0.3 is 5.11 Å². The summed E-state index contributed by atoms with van der Waals surface area (Å²) in [4.78, 5) is 30.7. The van der Waals surface area contributed by atoms with E-state index in [-0.39, 0.29) is 28.4 Å². The number of halogens is 1. The van der Waals surface area contributed by atoms with Crippen LogP contribution in [0.1, 0.15) is 22.3 Å². The molecule has 0 saturated carbocycles. The molecule has 136 valence electrons. The normalized spacial score (nSPS) is 11.0. The molecule has 0 aliphatic heterocycles. The summed E-state index contributed by atoms with van der Waals surface area (Å²) in [7, 11) is 0. The number of carbonyl (C=O) groups excluding carboxylic acids is 1. The van der Waals surface area contributed by atoms with Crippen LogP contribution in [0, 0.1) is 4.77 Å². The molecule has 0 aliphatic carbocycles. The van der Waals surface area contributed by atoms with E-state index in [4.69, 9.17) is 23.8 Å². The third-order valence-corrected chi connectivity index (χ3v) is 4.31. The molecule has 0 saturated heterocycles. The van der Waals surface area contributed by atoms with E-state index in [0.717, 1.165) is 0 Å². The molecule has 8 heteroatoms. The SMILES string of the molecule is O=C(CC=Cc1c(O)n(-c2ccc(Cl)cc2)c(=S)[nH]c1=O)c1cccnc1. The highest BCUT2D eigenvalue weighted by atomic mass is 35.5. The maximum atomic E-state index is 12.2. The summed E-state index contributed by atoms with van der Waals surface area (Å²) in [6.07, 6.45) is 6.01. The van der Waals surface area contributed by atoms with Crippen LogP contribution in [0.5, 0.6) is 5.88 Å².